The first-order chi connectivity index (χ1) is 29.0. The van der Waals surface area contributed by atoms with Gasteiger partial charge in [0.05, 0.1) is 39.9 Å². The molecule has 0 radical (unpaired) electrons. The predicted molar refractivity (Wildman–Crippen MR) is 256 cm³/mol. The molecule has 60 heavy (non-hydrogen) atoms. The van der Waals surface area contributed by atoms with Crippen LogP contribution in [0.2, 0.25) is 0 Å². The van der Waals surface area contributed by atoms with Crippen molar-refractivity contribution in [3.8, 4) is 0 Å². The number of hydrogen-bond donors (Lipinski definition) is 2. The fourth-order valence-corrected chi connectivity index (χ4v) is 8.00. The summed E-state index contributed by atoms with van der Waals surface area (Å²) in [5, 5.41) is 13.7. The van der Waals surface area contributed by atoms with Crippen LogP contribution in [-0.4, -0.2) is 68.5 Å². The summed E-state index contributed by atoms with van der Waals surface area (Å²) in [5.74, 6) is -0.209. The molecule has 1 amide bonds. The van der Waals surface area contributed by atoms with Crippen LogP contribution >= 0.6 is 7.82 Å². The van der Waals surface area contributed by atoms with E-state index in [0.717, 1.165) is 38.5 Å². The maximum absolute atomic E-state index is 12.9. The second kappa shape index (κ2) is 43.0. The van der Waals surface area contributed by atoms with Crippen molar-refractivity contribution in [2.75, 3.05) is 40.9 Å². The van der Waals surface area contributed by atoms with Crippen LogP contribution in [0.3, 0.4) is 0 Å². The fourth-order valence-electron chi connectivity index (χ4n) is 7.28. The highest BCUT2D eigenvalue weighted by Gasteiger charge is 2.23. The van der Waals surface area contributed by atoms with E-state index in [1.807, 2.05) is 27.2 Å². The monoisotopic (exact) mass is 867 g/mol. The lowest BCUT2D eigenvalue weighted by Gasteiger charge is -2.29. The largest absolute Gasteiger partial charge is 0.756 e. The smallest absolute Gasteiger partial charge is 0.268 e. The first-order valence-corrected chi connectivity index (χ1v) is 26.8. The molecular formula is C51H99N2O6P. The van der Waals surface area contributed by atoms with Gasteiger partial charge in [-0.25, -0.2) is 0 Å². The van der Waals surface area contributed by atoms with Crippen LogP contribution in [0.5, 0.6) is 0 Å². The van der Waals surface area contributed by atoms with Crippen molar-refractivity contribution in [3.05, 3.63) is 36.5 Å². The van der Waals surface area contributed by atoms with E-state index in [9.17, 15) is 19.4 Å². The Kier molecular flexibility index (Phi) is 42.1. The summed E-state index contributed by atoms with van der Waals surface area (Å²) in [4.78, 5) is 25.3. The van der Waals surface area contributed by atoms with Crippen molar-refractivity contribution < 1.29 is 32.9 Å². The summed E-state index contributed by atoms with van der Waals surface area (Å²) in [7, 11) is 1.24. The third-order valence-electron chi connectivity index (χ3n) is 11.3. The lowest BCUT2D eigenvalue weighted by Crippen LogP contribution is -2.45. The average Bonchev–Trinajstić information content (AvgIpc) is 3.20. The number of unbranched alkanes of at least 4 members (excludes halogenated alkanes) is 29. The number of phosphoric ester groups is 1. The van der Waals surface area contributed by atoms with Crippen molar-refractivity contribution in [2.45, 2.75) is 244 Å². The van der Waals surface area contributed by atoms with Gasteiger partial charge in [-0.1, -0.05) is 204 Å². The lowest BCUT2D eigenvalue weighted by molar-refractivity contribution is -0.870. The Balaban J connectivity index is 4.14. The number of nitrogens with zero attached hydrogens (tertiary/aromatic N) is 1. The molecule has 0 aromatic rings. The van der Waals surface area contributed by atoms with Crippen LogP contribution in [-0.2, 0) is 18.4 Å². The van der Waals surface area contributed by atoms with Crippen LogP contribution in [0, 0.1) is 0 Å². The molecule has 0 saturated carbocycles. The number of amides is 1. The van der Waals surface area contributed by atoms with Crippen molar-refractivity contribution >= 4 is 13.7 Å². The Hall–Kier alpha value is -1.28. The van der Waals surface area contributed by atoms with E-state index in [1.165, 1.54) is 173 Å². The molecule has 2 N–H and O–H groups in total. The molecule has 0 aromatic heterocycles. The molecule has 0 heterocycles. The number of aliphatic hydroxyl groups excluding tert-OH is 1. The van der Waals surface area contributed by atoms with Gasteiger partial charge in [0.25, 0.3) is 7.82 Å². The van der Waals surface area contributed by atoms with Gasteiger partial charge in [-0.05, 0) is 57.8 Å². The average molecular weight is 867 g/mol. The molecule has 0 aliphatic carbocycles. The Morgan fingerprint density at radius 2 is 0.933 bits per heavy atom. The zero-order valence-electron chi connectivity index (χ0n) is 40.2. The van der Waals surface area contributed by atoms with E-state index in [0.29, 0.717) is 17.4 Å². The zero-order valence-corrected chi connectivity index (χ0v) is 41.1. The summed E-state index contributed by atoms with van der Waals surface area (Å²) in [5.41, 5.74) is 0. The molecular weight excluding hydrogens is 768 g/mol. The number of aliphatic hydroxyl groups is 1. The molecule has 0 saturated heterocycles. The van der Waals surface area contributed by atoms with Crippen LogP contribution in [0.1, 0.15) is 232 Å². The van der Waals surface area contributed by atoms with Crippen LogP contribution < -0.4 is 10.2 Å². The summed E-state index contributed by atoms with van der Waals surface area (Å²) in [6, 6.07) is -0.901. The number of carbonyl (C=O) groups is 1. The van der Waals surface area contributed by atoms with E-state index < -0.39 is 26.6 Å². The number of allylic oxidation sites excluding steroid dienone is 5. The first-order valence-electron chi connectivity index (χ1n) is 25.4. The van der Waals surface area contributed by atoms with Crippen LogP contribution in [0.25, 0.3) is 0 Å². The molecule has 9 heteroatoms. The molecule has 0 aliphatic rings. The summed E-state index contributed by atoms with van der Waals surface area (Å²) in [6.07, 6.45) is 53.7. The van der Waals surface area contributed by atoms with E-state index in [1.54, 1.807) is 6.08 Å². The Labute approximate surface area is 372 Å². The van der Waals surface area contributed by atoms with E-state index in [4.69, 9.17) is 9.05 Å². The number of quaternary nitrogens is 1. The molecule has 0 rings (SSSR count). The third-order valence-corrected chi connectivity index (χ3v) is 12.3. The molecule has 3 atom stereocenters. The minimum absolute atomic E-state index is 0.00629. The van der Waals surface area contributed by atoms with Crippen molar-refractivity contribution in [2.24, 2.45) is 0 Å². The van der Waals surface area contributed by atoms with E-state index in [-0.39, 0.29) is 12.5 Å². The SMILES string of the molecule is CCCCCCC/C=C/CC/C=C/C(O)C(COP(=O)([O-])OCC[N+](C)(C)C)NC(=O)CCCCCCCCCCCCC/C=C\CCCCCCCCCCCCCC. The molecule has 0 spiro atoms. The number of nitrogens with one attached hydrogen (secondary N) is 1. The molecule has 3 unspecified atom stereocenters. The predicted octanol–water partition coefficient (Wildman–Crippen LogP) is 14.0. The van der Waals surface area contributed by atoms with Crippen molar-refractivity contribution in [3.63, 3.8) is 0 Å². The Bertz CT molecular complexity index is 1070. The van der Waals surface area contributed by atoms with Gasteiger partial charge in [0.2, 0.25) is 5.91 Å². The number of phosphoric acid groups is 1. The highest BCUT2D eigenvalue weighted by atomic mass is 31.2. The molecule has 354 valence electrons. The van der Waals surface area contributed by atoms with E-state index >= 15 is 0 Å². The third kappa shape index (κ3) is 44.8. The van der Waals surface area contributed by atoms with Crippen molar-refractivity contribution in [1.29, 1.82) is 0 Å². The minimum atomic E-state index is -4.59. The summed E-state index contributed by atoms with van der Waals surface area (Å²) < 4.78 is 23.2. The molecule has 0 aromatic carbocycles. The standard InChI is InChI=1S/C51H99N2O6P/c1-6-8-10-12-14-16-18-19-20-21-22-23-24-25-26-27-28-29-30-31-32-33-35-37-39-41-43-45-51(55)52-49(48-59-60(56,57)58-47-46-53(3,4)5)50(54)44-42-40-38-36-34-17-15-13-11-9-7-2/h25-26,34,36,42,44,49-50,54H,6-24,27-33,35,37-41,43,45-48H2,1-5H3,(H-,52,55,56,57)/b26-25-,36-34+,44-42+. The molecule has 0 aliphatic heterocycles. The summed E-state index contributed by atoms with van der Waals surface area (Å²) >= 11 is 0. The van der Waals surface area contributed by atoms with Gasteiger partial charge in [0.15, 0.2) is 0 Å². The van der Waals surface area contributed by atoms with Crippen LogP contribution in [0.15, 0.2) is 36.5 Å². The highest BCUT2D eigenvalue weighted by Crippen LogP contribution is 2.38. The fraction of sp³-hybridized carbons (Fsp3) is 0.863. The number of rotatable bonds is 46. The highest BCUT2D eigenvalue weighted by molar-refractivity contribution is 7.45. The topological polar surface area (TPSA) is 108 Å². The van der Waals surface area contributed by atoms with Gasteiger partial charge >= 0.3 is 0 Å². The zero-order chi connectivity index (χ0) is 44.3. The minimum Gasteiger partial charge on any atom is -0.756 e. The van der Waals surface area contributed by atoms with Crippen molar-refractivity contribution in [1.82, 2.24) is 5.32 Å². The molecule has 0 fully saturated rings. The molecule has 8 nitrogen and oxygen atoms in total. The maximum atomic E-state index is 12.9. The maximum Gasteiger partial charge on any atom is 0.268 e. The van der Waals surface area contributed by atoms with Crippen LogP contribution in [0.4, 0.5) is 0 Å². The van der Waals surface area contributed by atoms with Gasteiger partial charge < -0.3 is 28.8 Å². The van der Waals surface area contributed by atoms with E-state index in [2.05, 4.69) is 43.5 Å². The summed E-state index contributed by atoms with van der Waals surface area (Å²) in [6.45, 7) is 4.61. The Morgan fingerprint density at radius 1 is 0.567 bits per heavy atom. The van der Waals surface area contributed by atoms with Gasteiger partial charge in [0, 0.05) is 6.42 Å². The van der Waals surface area contributed by atoms with Gasteiger partial charge in [-0.15, -0.1) is 0 Å². The number of carbonyl (C=O) groups excluding carboxylic acids is 1. The quantitative estimate of drug-likeness (QED) is 0.0273. The second-order valence-corrected chi connectivity index (χ2v) is 19.9. The number of hydrogen-bond acceptors (Lipinski definition) is 6. The van der Waals surface area contributed by atoms with Gasteiger partial charge in [-0.2, -0.15) is 0 Å². The second-order valence-electron chi connectivity index (χ2n) is 18.5. The molecule has 0 bridgehead atoms. The first kappa shape index (κ1) is 58.7. The van der Waals surface area contributed by atoms with Gasteiger partial charge in [0.1, 0.15) is 13.2 Å². The Morgan fingerprint density at radius 3 is 1.35 bits per heavy atom. The lowest BCUT2D eigenvalue weighted by atomic mass is 10.0. The number of likely N-dealkylation sites (N-methyl/N-ethyl adjacent to an activating group) is 1. The van der Waals surface area contributed by atoms with Gasteiger partial charge in [-0.3, -0.25) is 9.36 Å². The normalized spacial score (nSPS) is 14.4.